The SMILES string of the molecule is CCOc1ncccc1-c1ccc(N2CCN(C(=O)c3ccc(Cl)cc3N3CC[C@H](N(C)C)C3)C[C@H]2CC)c(C(=O)NCCNC)c1F. The lowest BCUT2D eigenvalue weighted by Gasteiger charge is -2.43. The van der Waals surface area contributed by atoms with E-state index in [-0.39, 0.29) is 23.1 Å². The molecule has 0 unspecified atom stereocenters. The molecule has 258 valence electrons. The van der Waals surface area contributed by atoms with Gasteiger partial charge in [0.1, 0.15) is 5.82 Å². The second kappa shape index (κ2) is 16.0. The first-order chi connectivity index (χ1) is 23.2. The van der Waals surface area contributed by atoms with Crippen LogP contribution in [0.4, 0.5) is 15.8 Å². The van der Waals surface area contributed by atoms with E-state index in [0.29, 0.717) is 79.5 Å². The van der Waals surface area contributed by atoms with Crippen molar-refractivity contribution in [3.63, 3.8) is 0 Å². The molecule has 2 aromatic carbocycles. The maximum Gasteiger partial charge on any atom is 0.256 e. The molecule has 5 rings (SSSR count). The Morgan fingerprint density at radius 3 is 2.56 bits per heavy atom. The van der Waals surface area contributed by atoms with Gasteiger partial charge < -0.3 is 35.0 Å². The third-order valence-electron chi connectivity index (χ3n) is 9.33. The van der Waals surface area contributed by atoms with E-state index in [1.165, 1.54) is 0 Å². The van der Waals surface area contributed by atoms with Crippen LogP contribution in [0.2, 0.25) is 5.02 Å². The normalized spacial score (nSPS) is 18.0. The number of nitrogens with one attached hydrogen (secondary N) is 2. The van der Waals surface area contributed by atoms with Gasteiger partial charge in [0.2, 0.25) is 5.88 Å². The van der Waals surface area contributed by atoms with Gasteiger partial charge in [0.05, 0.1) is 29.1 Å². The molecule has 2 atom stereocenters. The fraction of sp³-hybridized carbons (Fsp3) is 0.472. The molecule has 3 heterocycles. The summed E-state index contributed by atoms with van der Waals surface area (Å²) >= 11 is 6.44. The molecule has 0 radical (unpaired) electrons. The first kappa shape index (κ1) is 35.4. The molecule has 2 aliphatic heterocycles. The molecule has 2 amide bonds. The van der Waals surface area contributed by atoms with Gasteiger partial charge in [0.25, 0.3) is 11.8 Å². The number of carbonyl (C=O) groups is 2. The lowest BCUT2D eigenvalue weighted by atomic mass is 9.98. The number of pyridine rings is 1. The van der Waals surface area contributed by atoms with Gasteiger partial charge in [-0.1, -0.05) is 18.5 Å². The van der Waals surface area contributed by atoms with Crippen molar-refractivity contribution in [2.45, 2.75) is 38.8 Å². The van der Waals surface area contributed by atoms with Crippen LogP contribution in [0.5, 0.6) is 5.88 Å². The number of hydrogen-bond donors (Lipinski definition) is 2. The van der Waals surface area contributed by atoms with Gasteiger partial charge in [0, 0.05) is 80.2 Å². The summed E-state index contributed by atoms with van der Waals surface area (Å²) in [5, 5.41) is 6.47. The Kier molecular flexibility index (Phi) is 11.8. The van der Waals surface area contributed by atoms with E-state index >= 15 is 4.39 Å². The molecule has 2 N–H and O–H groups in total. The summed E-state index contributed by atoms with van der Waals surface area (Å²) in [7, 11) is 5.95. The van der Waals surface area contributed by atoms with Gasteiger partial charge in [-0.25, -0.2) is 9.37 Å². The van der Waals surface area contributed by atoms with E-state index in [2.05, 4.69) is 44.4 Å². The third kappa shape index (κ3) is 7.53. The number of aromatic nitrogens is 1. The van der Waals surface area contributed by atoms with E-state index in [1.54, 1.807) is 43.6 Å². The number of rotatable bonds is 12. The number of hydrogen-bond acceptors (Lipinski definition) is 8. The quantitative estimate of drug-likeness (QED) is 0.265. The number of anilines is 2. The van der Waals surface area contributed by atoms with Crippen LogP contribution in [0.1, 0.15) is 47.4 Å². The Hall–Kier alpha value is -3.93. The Bertz CT molecular complexity index is 1610. The van der Waals surface area contributed by atoms with Crippen molar-refractivity contribution >= 4 is 34.8 Å². The lowest BCUT2D eigenvalue weighted by molar-refractivity contribution is 0.0720. The maximum atomic E-state index is 16.6. The number of piperazine rings is 1. The first-order valence-corrected chi connectivity index (χ1v) is 17.2. The molecule has 2 saturated heterocycles. The zero-order valence-electron chi connectivity index (χ0n) is 28.6. The van der Waals surface area contributed by atoms with Crippen LogP contribution in [-0.4, -0.2) is 112 Å². The Balaban J connectivity index is 1.45. The summed E-state index contributed by atoms with van der Waals surface area (Å²) in [6.07, 6.45) is 3.30. The van der Waals surface area contributed by atoms with Gasteiger partial charge in [0.15, 0.2) is 0 Å². The van der Waals surface area contributed by atoms with Crippen LogP contribution in [0, 0.1) is 5.82 Å². The standard InChI is InChI=1S/C36H47ClFN7O3/c1-6-25-22-44(36(47)29-11-10-24(37)21-31(29)43-18-14-26(23-43)42(4)5)19-20-45(25)30-13-12-27(28-9-8-15-41-35(28)48-7-2)33(38)32(30)34(46)40-17-16-39-3/h8-13,15,21,25-26,39H,6-7,14,16-20,22-23H2,1-5H3,(H,40,46)/t25-,26+/m1/s1. The van der Waals surface area contributed by atoms with Gasteiger partial charge >= 0.3 is 0 Å². The van der Waals surface area contributed by atoms with E-state index in [0.717, 1.165) is 25.2 Å². The average molecular weight is 680 g/mol. The average Bonchev–Trinajstić information content (AvgIpc) is 3.59. The van der Waals surface area contributed by atoms with Crippen LogP contribution in [-0.2, 0) is 0 Å². The van der Waals surface area contributed by atoms with Gasteiger partial charge in [-0.2, -0.15) is 0 Å². The molecule has 1 aromatic heterocycles. The maximum absolute atomic E-state index is 16.6. The van der Waals surface area contributed by atoms with Crippen molar-refractivity contribution < 1.29 is 18.7 Å². The Morgan fingerprint density at radius 1 is 1.04 bits per heavy atom. The Morgan fingerprint density at radius 2 is 1.85 bits per heavy atom. The molecule has 0 spiro atoms. The van der Waals surface area contributed by atoms with Crippen molar-refractivity contribution in [2.24, 2.45) is 0 Å². The highest BCUT2D eigenvalue weighted by molar-refractivity contribution is 6.31. The Labute approximate surface area is 288 Å². The van der Waals surface area contributed by atoms with Crippen LogP contribution >= 0.6 is 11.6 Å². The summed E-state index contributed by atoms with van der Waals surface area (Å²) in [6.45, 7) is 8.09. The zero-order chi connectivity index (χ0) is 34.4. The highest BCUT2D eigenvalue weighted by Gasteiger charge is 2.35. The molecule has 48 heavy (non-hydrogen) atoms. The number of ether oxygens (including phenoxy) is 1. The fourth-order valence-corrected chi connectivity index (χ4v) is 6.84. The number of likely N-dealkylation sites (N-methyl/N-ethyl adjacent to an activating group) is 2. The monoisotopic (exact) mass is 679 g/mol. The molecular formula is C36H47ClFN7O3. The van der Waals surface area contributed by atoms with Gasteiger partial charge in [-0.15, -0.1) is 0 Å². The number of carbonyl (C=O) groups excluding carboxylic acids is 2. The summed E-state index contributed by atoms with van der Waals surface area (Å²) in [5.41, 5.74) is 2.67. The van der Waals surface area contributed by atoms with Crippen molar-refractivity contribution in [1.29, 1.82) is 0 Å². The van der Waals surface area contributed by atoms with Crippen molar-refractivity contribution in [2.75, 3.05) is 83.4 Å². The molecule has 2 aliphatic rings. The van der Waals surface area contributed by atoms with E-state index in [4.69, 9.17) is 16.3 Å². The van der Waals surface area contributed by atoms with Crippen LogP contribution in [0.15, 0.2) is 48.7 Å². The number of benzene rings is 2. The lowest BCUT2D eigenvalue weighted by Crippen LogP contribution is -2.55. The molecule has 12 heteroatoms. The minimum atomic E-state index is -0.635. The summed E-state index contributed by atoms with van der Waals surface area (Å²) in [5.74, 6) is -0.884. The molecule has 2 fully saturated rings. The van der Waals surface area contributed by atoms with Crippen molar-refractivity contribution in [1.82, 2.24) is 25.4 Å². The summed E-state index contributed by atoms with van der Waals surface area (Å²) in [4.78, 5) is 40.5. The van der Waals surface area contributed by atoms with E-state index in [1.807, 2.05) is 30.9 Å². The minimum absolute atomic E-state index is 0.0300. The van der Waals surface area contributed by atoms with Crippen molar-refractivity contribution in [3.05, 3.63) is 70.6 Å². The highest BCUT2D eigenvalue weighted by Crippen LogP contribution is 2.37. The number of amides is 2. The summed E-state index contributed by atoms with van der Waals surface area (Å²) in [6, 6.07) is 12.7. The van der Waals surface area contributed by atoms with Crippen LogP contribution in [0.25, 0.3) is 11.1 Å². The van der Waals surface area contributed by atoms with E-state index in [9.17, 15) is 9.59 Å². The topological polar surface area (TPSA) is 93.3 Å². The van der Waals surface area contributed by atoms with Gasteiger partial charge in [-0.3, -0.25) is 9.59 Å². The summed E-state index contributed by atoms with van der Waals surface area (Å²) < 4.78 is 22.3. The predicted octanol–water partition coefficient (Wildman–Crippen LogP) is 4.77. The predicted molar refractivity (Wildman–Crippen MR) is 190 cm³/mol. The molecule has 0 bridgehead atoms. The van der Waals surface area contributed by atoms with Crippen LogP contribution in [0.3, 0.4) is 0 Å². The van der Waals surface area contributed by atoms with Crippen LogP contribution < -0.4 is 25.2 Å². The smallest absolute Gasteiger partial charge is 0.256 e. The molecule has 10 nitrogen and oxygen atoms in total. The van der Waals surface area contributed by atoms with E-state index < -0.39 is 11.7 Å². The molecule has 0 aliphatic carbocycles. The molecular weight excluding hydrogens is 633 g/mol. The molecule has 0 saturated carbocycles. The van der Waals surface area contributed by atoms with Gasteiger partial charge in [-0.05, 0) is 83.4 Å². The number of nitrogens with zero attached hydrogens (tertiary/aromatic N) is 5. The highest BCUT2D eigenvalue weighted by atomic mass is 35.5. The first-order valence-electron chi connectivity index (χ1n) is 16.8. The second-order valence-corrected chi connectivity index (χ2v) is 12.9. The fourth-order valence-electron chi connectivity index (χ4n) is 6.67. The van der Waals surface area contributed by atoms with Crippen molar-refractivity contribution in [3.8, 4) is 17.0 Å². The minimum Gasteiger partial charge on any atom is -0.478 e. The second-order valence-electron chi connectivity index (χ2n) is 12.5. The zero-order valence-corrected chi connectivity index (χ0v) is 29.3. The number of halogens is 2. The molecule has 3 aromatic rings. The largest absolute Gasteiger partial charge is 0.478 e. The third-order valence-corrected chi connectivity index (χ3v) is 9.56.